The number of nitrogens with one attached hydrogen (secondary N) is 1. The normalized spacial score (nSPS) is 18.6. The molecule has 1 amide bonds. The molecule has 5 nitrogen and oxygen atoms in total. The molecule has 0 saturated carbocycles. The van der Waals surface area contributed by atoms with E-state index in [1.54, 1.807) is 0 Å². The van der Waals surface area contributed by atoms with Crippen LogP contribution in [0.15, 0.2) is 24.3 Å². The Labute approximate surface area is 149 Å². The minimum Gasteiger partial charge on any atom is -0.376 e. The second-order valence-electron chi connectivity index (χ2n) is 6.98. The topological polar surface area (TPSA) is 69.3 Å². The van der Waals surface area contributed by atoms with Gasteiger partial charge in [-0.2, -0.15) is 0 Å². The highest BCUT2D eigenvalue weighted by molar-refractivity contribution is 5.87. The van der Waals surface area contributed by atoms with Crippen LogP contribution >= 0.6 is 0 Å². The Hall–Kier alpha value is -1.85. The molecule has 2 unspecified atom stereocenters. The Balaban J connectivity index is 1.78. The molecule has 1 aromatic carbocycles. The number of para-hydroxylation sites is 1. The van der Waals surface area contributed by atoms with E-state index in [-0.39, 0.29) is 18.1 Å². The first-order valence-corrected chi connectivity index (χ1v) is 9.30. The van der Waals surface area contributed by atoms with Crippen molar-refractivity contribution in [2.75, 3.05) is 13.2 Å². The fourth-order valence-electron chi connectivity index (χ4n) is 3.60. The van der Waals surface area contributed by atoms with E-state index < -0.39 is 0 Å². The van der Waals surface area contributed by atoms with E-state index in [4.69, 9.17) is 10.5 Å². The number of aromatic nitrogens is 1. The highest BCUT2D eigenvalue weighted by Crippen LogP contribution is 2.27. The Morgan fingerprint density at radius 3 is 2.96 bits per heavy atom. The van der Waals surface area contributed by atoms with Gasteiger partial charge in [0.25, 0.3) is 0 Å². The van der Waals surface area contributed by atoms with Gasteiger partial charge in [0, 0.05) is 35.8 Å². The van der Waals surface area contributed by atoms with Gasteiger partial charge in [-0.05, 0) is 44.2 Å². The first kappa shape index (κ1) is 18.0. The standard InChI is InChI=1S/C20H29N3O2/c1-3-15(21)11-18-14(2)23(19-9-5-4-8-17(18)19)13-20(24)22-12-16-7-6-10-25-16/h4-5,8-9,15-16H,3,6-7,10-13,21H2,1-2H3,(H,22,24). The zero-order chi connectivity index (χ0) is 17.8. The Morgan fingerprint density at radius 1 is 1.44 bits per heavy atom. The van der Waals surface area contributed by atoms with E-state index in [0.717, 1.165) is 43.5 Å². The molecule has 1 aliphatic rings. The van der Waals surface area contributed by atoms with E-state index in [0.29, 0.717) is 13.1 Å². The smallest absolute Gasteiger partial charge is 0.240 e. The van der Waals surface area contributed by atoms with E-state index in [9.17, 15) is 4.79 Å². The zero-order valence-electron chi connectivity index (χ0n) is 15.3. The highest BCUT2D eigenvalue weighted by atomic mass is 16.5. The predicted molar refractivity (Wildman–Crippen MR) is 101 cm³/mol. The maximum absolute atomic E-state index is 12.4. The Kier molecular flexibility index (Phi) is 5.76. The number of nitrogens with zero attached hydrogens (tertiary/aromatic N) is 1. The van der Waals surface area contributed by atoms with Gasteiger partial charge < -0.3 is 20.4 Å². The van der Waals surface area contributed by atoms with E-state index in [1.807, 2.05) is 12.1 Å². The lowest BCUT2D eigenvalue weighted by atomic mass is 10.0. The molecule has 2 atom stereocenters. The Bertz CT molecular complexity index is 732. The van der Waals surface area contributed by atoms with Gasteiger partial charge >= 0.3 is 0 Å². The molecule has 1 fully saturated rings. The van der Waals surface area contributed by atoms with Crippen LogP contribution in [-0.2, 0) is 22.5 Å². The van der Waals surface area contributed by atoms with Gasteiger partial charge in [-0.25, -0.2) is 0 Å². The summed E-state index contributed by atoms with van der Waals surface area (Å²) in [5.74, 6) is 0.0330. The second-order valence-corrected chi connectivity index (χ2v) is 6.98. The fourth-order valence-corrected chi connectivity index (χ4v) is 3.60. The minimum atomic E-state index is 0.0330. The summed E-state index contributed by atoms with van der Waals surface area (Å²) in [4.78, 5) is 12.4. The lowest BCUT2D eigenvalue weighted by Crippen LogP contribution is -2.34. The van der Waals surface area contributed by atoms with Crippen LogP contribution in [0.3, 0.4) is 0 Å². The molecule has 0 aliphatic carbocycles. The third kappa shape index (κ3) is 4.05. The van der Waals surface area contributed by atoms with Crippen molar-refractivity contribution in [3.05, 3.63) is 35.5 Å². The van der Waals surface area contributed by atoms with Gasteiger partial charge in [-0.15, -0.1) is 0 Å². The van der Waals surface area contributed by atoms with E-state index in [1.165, 1.54) is 10.9 Å². The van der Waals surface area contributed by atoms with Gasteiger partial charge in [0.15, 0.2) is 0 Å². The van der Waals surface area contributed by atoms with E-state index >= 15 is 0 Å². The Morgan fingerprint density at radius 2 is 2.24 bits per heavy atom. The first-order chi connectivity index (χ1) is 12.1. The van der Waals surface area contributed by atoms with Crippen molar-refractivity contribution in [1.82, 2.24) is 9.88 Å². The largest absolute Gasteiger partial charge is 0.376 e. The number of fused-ring (bicyclic) bond motifs is 1. The summed E-state index contributed by atoms with van der Waals surface area (Å²) >= 11 is 0. The summed E-state index contributed by atoms with van der Waals surface area (Å²) in [5, 5.41) is 4.22. The van der Waals surface area contributed by atoms with Crippen LogP contribution in [-0.4, -0.2) is 35.8 Å². The summed E-state index contributed by atoms with van der Waals surface area (Å²) in [6.07, 6.45) is 4.08. The van der Waals surface area contributed by atoms with Crippen molar-refractivity contribution < 1.29 is 9.53 Å². The number of carbonyl (C=O) groups is 1. The molecule has 3 rings (SSSR count). The van der Waals surface area contributed by atoms with Gasteiger partial charge in [0.1, 0.15) is 6.54 Å². The number of rotatable bonds is 7. The quantitative estimate of drug-likeness (QED) is 0.812. The minimum absolute atomic E-state index is 0.0330. The zero-order valence-corrected chi connectivity index (χ0v) is 15.3. The van der Waals surface area contributed by atoms with Crippen LogP contribution in [0.4, 0.5) is 0 Å². The van der Waals surface area contributed by atoms with Crippen LogP contribution in [0.1, 0.15) is 37.4 Å². The average molecular weight is 343 g/mol. The molecule has 0 radical (unpaired) electrons. The first-order valence-electron chi connectivity index (χ1n) is 9.30. The van der Waals surface area contributed by atoms with Crippen molar-refractivity contribution in [2.24, 2.45) is 5.73 Å². The molecule has 25 heavy (non-hydrogen) atoms. The molecular formula is C20H29N3O2. The van der Waals surface area contributed by atoms with Crippen LogP contribution in [0.5, 0.6) is 0 Å². The summed E-state index contributed by atoms with van der Waals surface area (Å²) in [7, 11) is 0. The third-order valence-corrected chi connectivity index (χ3v) is 5.20. The summed E-state index contributed by atoms with van der Waals surface area (Å²) in [6.45, 7) is 5.94. The van der Waals surface area contributed by atoms with Gasteiger partial charge in [0.05, 0.1) is 6.10 Å². The molecule has 1 aliphatic heterocycles. The van der Waals surface area contributed by atoms with Crippen LogP contribution in [0.2, 0.25) is 0 Å². The van der Waals surface area contributed by atoms with Gasteiger partial charge in [-0.3, -0.25) is 4.79 Å². The van der Waals surface area contributed by atoms with Crippen LogP contribution < -0.4 is 11.1 Å². The molecule has 2 heterocycles. The molecule has 2 aromatic rings. The van der Waals surface area contributed by atoms with Crippen molar-refractivity contribution in [3.63, 3.8) is 0 Å². The number of carbonyl (C=O) groups excluding carboxylic acids is 1. The van der Waals surface area contributed by atoms with Crippen molar-refractivity contribution in [1.29, 1.82) is 0 Å². The SMILES string of the molecule is CCC(N)Cc1c(C)n(CC(=O)NCC2CCCO2)c2ccccc12. The molecule has 1 aromatic heterocycles. The summed E-state index contributed by atoms with van der Waals surface area (Å²) in [6, 6.07) is 8.42. The third-order valence-electron chi connectivity index (χ3n) is 5.20. The van der Waals surface area contributed by atoms with E-state index in [2.05, 4.69) is 35.9 Å². The molecule has 3 N–H and O–H groups in total. The van der Waals surface area contributed by atoms with Crippen molar-refractivity contribution in [3.8, 4) is 0 Å². The predicted octanol–water partition coefficient (Wildman–Crippen LogP) is 2.52. The summed E-state index contributed by atoms with van der Waals surface area (Å²) < 4.78 is 7.68. The van der Waals surface area contributed by atoms with Crippen LogP contribution in [0.25, 0.3) is 10.9 Å². The number of amides is 1. The maximum Gasteiger partial charge on any atom is 0.240 e. The highest BCUT2D eigenvalue weighted by Gasteiger charge is 2.19. The lowest BCUT2D eigenvalue weighted by Gasteiger charge is -2.13. The van der Waals surface area contributed by atoms with Crippen molar-refractivity contribution >= 4 is 16.8 Å². The molecule has 136 valence electrons. The second kappa shape index (κ2) is 8.02. The monoisotopic (exact) mass is 343 g/mol. The maximum atomic E-state index is 12.4. The molecule has 0 bridgehead atoms. The van der Waals surface area contributed by atoms with Gasteiger partial charge in [0.2, 0.25) is 5.91 Å². The number of hydrogen-bond acceptors (Lipinski definition) is 3. The molecular weight excluding hydrogens is 314 g/mol. The number of nitrogens with two attached hydrogens (primary N) is 1. The molecule has 5 heteroatoms. The number of benzene rings is 1. The average Bonchev–Trinajstić information content (AvgIpc) is 3.23. The number of ether oxygens (including phenoxy) is 1. The molecule has 0 spiro atoms. The van der Waals surface area contributed by atoms with Gasteiger partial charge in [-0.1, -0.05) is 25.1 Å². The van der Waals surface area contributed by atoms with Crippen LogP contribution in [0, 0.1) is 6.92 Å². The molecule has 1 saturated heterocycles. The fraction of sp³-hybridized carbons (Fsp3) is 0.550. The van der Waals surface area contributed by atoms with Crippen molar-refractivity contribution in [2.45, 2.75) is 58.2 Å². The summed E-state index contributed by atoms with van der Waals surface area (Å²) in [5.41, 5.74) is 9.69. The lowest BCUT2D eigenvalue weighted by molar-refractivity contribution is -0.122. The number of hydrogen-bond donors (Lipinski definition) is 2.